The minimum atomic E-state index is -0.495. The summed E-state index contributed by atoms with van der Waals surface area (Å²) in [6, 6.07) is 7.66. The van der Waals surface area contributed by atoms with Crippen LogP contribution in [-0.4, -0.2) is 37.2 Å². The number of hydrogen-bond donors (Lipinski definition) is 1. The summed E-state index contributed by atoms with van der Waals surface area (Å²) in [5, 5.41) is 9.81. The van der Waals surface area contributed by atoms with E-state index >= 15 is 0 Å². The molecule has 0 saturated heterocycles. The van der Waals surface area contributed by atoms with E-state index in [1.54, 1.807) is 30.4 Å². The summed E-state index contributed by atoms with van der Waals surface area (Å²) in [5.41, 5.74) is 1.68. The van der Waals surface area contributed by atoms with Crippen LogP contribution < -0.4 is 9.47 Å². The average Bonchev–Trinajstić information content (AvgIpc) is 2.75. The van der Waals surface area contributed by atoms with Crippen molar-refractivity contribution in [2.24, 2.45) is 0 Å². The minimum Gasteiger partial charge on any atom is -0.508 e. The number of carbonyl (C=O) groups excluding carboxylic acids is 2. The van der Waals surface area contributed by atoms with Crippen LogP contribution in [0.25, 0.3) is 0 Å². The first-order valence-electron chi connectivity index (χ1n) is 9.53. The van der Waals surface area contributed by atoms with Gasteiger partial charge in [0, 0.05) is 11.6 Å². The van der Waals surface area contributed by atoms with E-state index in [9.17, 15) is 14.7 Å². The summed E-state index contributed by atoms with van der Waals surface area (Å²) in [5.74, 6) is -0.147. The molecule has 30 heavy (non-hydrogen) atoms. The number of ketones is 1. The van der Waals surface area contributed by atoms with Crippen molar-refractivity contribution in [3.63, 3.8) is 0 Å². The maximum absolute atomic E-state index is 13.4. The van der Waals surface area contributed by atoms with Gasteiger partial charge >= 0.3 is 5.97 Å². The molecular formula is C24H26O6. The number of methoxy groups -OCH3 is 1. The highest BCUT2D eigenvalue weighted by Crippen LogP contribution is 2.37. The van der Waals surface area contributed by atoms with Crippen LogP contribution in [-0.2, 0) is 22.4 Å². The van der Waals surface area contributed by atoms with Crippen LogP contribution in [0.4, 0.5) is 0 Å². The van der Waals surface area contributed by atoms with Crippen LogP contribution >= 0.6 is 0 Å². The molecule has 2 rings (SSSR count). The highest BCUT2D eigenvalue weighted by atomic mass is 16.5. The van der Waals surface area contributed by atoms with Gasteiger partial charge in [-0.15, -0.1) is 0 Å². The van der Waals surface area contributed by atoms with Gasteiger partial charge in [-0.25, -0.2) is 0 Å². The summed E-state index contributed by atoms with van der Waals surface area (Å²) >= 11 is 0. The van der Waals surface area contributed by atoms with Gasteiger partial charge < -0.3 is 19.3 Å². The van der Waals surface area contributed by atoms with Crippen LogP contribution in [0, 0.1) is 0 Å². The van der Waals surface area contributed by atoms with Crippen molar-refractivity contribution in [3.8, 4) is 17.2 Å². The van der Waals surface area contributed by atoms with E-state index in [2.05, 4.69) is 13.2 Å². The number of benzene rings is 2. The number of hydrogen-bond acceptors (Lipinski definition) is 6. The summed E-state index contributed by atoms with van der Waals surface area (Å²) in [6.45, 7) is 9.63. The Morgan fingerprint density at radius 3 is 2.27 bits per heavy atom. The van der Waals surface area contributed by atoms with Crippen molar-refractivity contribution in [1.82, 2.24) is 0 Å². The van der Waals surface area contributed by atoms with Crippen molar-refractivity contribution < 1.29 is 28.9 Å². The van der Waals surface area contributed by atoms with Crippen LogP contribution in [0.2, 0.25) is 0 Å². The Morgan fingerprint density at radius 2 is 1.70 bits per heavy atom. The van der Waals surface area contributed by atoms with Gasteiger partial charge in [0.1, 0.15) is 30.5 Å². The lowest BCUT2D eigenvalue weighted by atomic mass is 9.90. The third kappa shape index (κ3) is 5.29. The molecule has 6 heteroatoms. The molecule has 0 spiro atoms. The third-order valence-corrected chi connectivity index (χ3v) is 4.42. The van der Waals surface area contributed by atoms with E-state index < -0.39 is 5.97 Å². The molecule has 2 aromatic rings. The maximum atomic E-state index is 13.4. The van der Waals surface area contributed by atoms with E-state index in [1.165, 1.54) is 19.2 Å². The molecule has 0 bridgehead atoms. The molecule has 0 aromatic heterocycles. The van der Waals surface area contributed by atoms with E-state index in [0.29, 0.717) is 23.3 Å². The molecule has 158 valence electrons. The fourth-order valence-electron chi connectivity index (χ4n) is 3.11. The highest BCUT2D eigenvalue weighted by molar-refractivity contribution is 6.12. The normalized spacial score (nSPS) is 10.2. The number of aromatic hydroxyl groups is 1. The molecule has 6 nitrogen and oxygen atoms in total. The molecule has 0 aliphatic rings. The summed E-state index contributed by atoms with van der Waals surface area (Å²) in [6.07, 6.45) is 3.55. The first-order valence-corrected chi connectivity index (χ1v) is 9.53. The van der Waals surface area contributed by atoms with Gasteiger partial charge in [0.05, 0.1) is 19.1 Å². The van der Waals surface area contributed by atoms with Crippen molar-refractivity contribution in [2.75, 3.05) is 20.3 Å². The molecule has 0 amide bonds. The molecule has 0 fully saturated rings. The molecule has 0 unspecified atom stereocenters. The van der Waals surface area contributed by atoms with Crippen LogP contribution in [0.15, 0.2) is 55.6 Å². The summed E-state index contributed by atoms with van der Waals surface area (Å²) < 4.78 is 16.4. The van der Waals surface area contributed by atoms with Crippen LogP contribution in [0.5, 0.6) is 17.2 Å². The quantitative estimate of drug-likeness (QED) is 0.342. The third-order valence-electron chi connectivity index (χ3n) is 4.42. The first-order chi connectivity index (χ1) is 14.5. The number of carbonyl (C=O) groups is 2. The average molecular weight is 410 g/mol. The van der Waals surface area contributed by atoms with E-state index in [-0.39, 0.29) is 48.0 Å². The monoisotopic (exact) mass is 410 g/mol. The Hall–Kier alpha value is -3.54. The molecule has 0 saturated carbocycles. The lowest BCUT2D eigenvalue weighted by Crippen LogP contribution is -2.16. The highest BCUT2D eigenvalue weighted by Gasteiger charge is 2.27. The largest absolute Gasteiger partial charge is 0.508 e. The number of rotatable bonds is 11. The van der Waals surface area contributed by atoms with Gasteiger partial charge in [-0.05, 0) is 29.7 Å². The van der Waals surface area contributed by atoms with Crippen molar-refractivity contribution in [3.05, 3.63) is 77.9 Å². The van der Waals surface area contributed by atoms with Gasteiger partial charge in [-0.2, -0.15) is 0 Å². The van der Waals surface area contributed by atoms with Crippen molar-refractivity contribution in [2.45, 2.75) is 19.8 Å². The lowest BCUT2D eigenvalue weighted by molar-refractivity contribution is -0.139. The Kier molecular flexibility index (Phi) is 8.23. The Bertz CT molecular complexity index is 945. The SMILES string of the molecule is C=CCOc1cc(OCC=C)c(C(=O)c2cccc(O)c2)c(CC(=O)OC)c1CC. The standard InChI is InChI=1S/C24H26O6/c1-5-11-29-20-15-21(30-12-6-2)23(19(18(20)7-3)14-22(26)28-4)24(27)16-9-8-10-17(25)13-16/h5-6,8-10,13,15,25H,1-2,7,11-12,14H2,3-4H3. The minimum absolute atomic E-state index is 0.0365. The molecule has 0 heterocycles. The zero-order chi connectivity index (χ0) is 22.1. The molecular weight excluding hydrogens is 384 g/mol. The van der Waals surface area contributed by atoms with Gasteiger partial charge in [-0.1, -0.05) is 44.4 Å². The summed E-state index contributed by atoms with van der Waals surface area (Å²) in [4.78, 5) is 25.6. The smallest absolute Gasteiger partial charge is 0.310 e. The second-order valence-electron chi connectivity index (χ2n) is 6.39. The van der Waals surface area contributed by atoms with E-state index in [0.717, 1.165) is 0 Å². The second-order valence-corrected chi connectivity index (χ2v) is 6.39. The zero-order valence-corrected chi connectivity index (χ0v) is 17.3. The van der Waals surface area contributed by atoms with Crippen molar-refractivity contribution in [1.29, 1.82) is 0 Å². The second kappa shape index (κ2) is 10.9. The van der Waals surface area contributed by atoms with E-state index in [4.69, 9.17) is 14.2 Å². The fraction of sp³-hybridized carbons (Fsp3) is 0.250. The predicted octanol–water partition coefficient (Wildman–Crippen LogP) is 4.03. The molecule has 0 aliphatic carbocycles. The Labute approximate surface area is 176 Å². The molecule has 2 aromatic carbocycles. The Balaban J connectivity index is 2.78. The summed E-state index contributed by atoms with van der Waals surface area (Å²) in [7, 11) is 1.29. The van der Waals surface area contributed by atoms with E-state index in [1.807, 2.05) is 6.92 Å². The van der Waals surface area contributed by atoms with Gasteiger partial charge in [0.15, 0.2) is 5.78 Å². The first kappa shape index (κ1) is 22.7. The number of phenolic OH excluding ortho intramolecular Hbond substituents is 1. The molecule has 0 radical (unpaired) electrons. The van der Waals surface area contributed by atoms with Gasteiger partial charge in [0.2, 0.25) is 0 Å². The van der Waals surface area contributed by atoms with Gasteiger partial charge in [-0.3, -0.25) is 9.59 Å². The lowest BCUT2D eigenvalue weighted by Gasteiger charge is -2.21. The van der Waals surface area contributed by atoms with Gasteiger partial charge in [0.25, 0.3) is 0 Å². The topological polar surface area (TPSA) is 82.1 Å². The molecule has 0 aliphatic heterocycles. The fourth-order valence-corrected chi connectivity index (χ4v) is 3.11. The maximum Gasteiger partial charge on any atom is 0.310 e. The predicted molar refractivity (Wildman–Crippen MR) is 114 cm³/mol. The zero-order valence-electron chi connectivity index (χ0n) is 17.3. The van der Waals surface area contributed by atoms with Crippen molar-refractivity contribution >= 4 is 11.8 Å². The number of ether oxygens (including phenoxy) is 3. The van der Waals surface area contributed by atoms with Crippen LogP contribution in [0.1, 0.15) is 34.0 Å². The Morgan fingerprint density at radius 1 is 1.03 bits per heavy atom. The number of phenols is 1. The molecule has 1 N–H and O–H groups in total. The number of esters is 1. The molecule has 0 atom stereocenters. The van der Waals surface area contributed by atoms with Crippen LogP contribution in [0.3, 0.4) is 0 Å².